The molecule has 0 radical (unpaired) electrons. The van der Waals surface area contributed by atoms with Gasteiger partial charge in [0.2, 0.25) is 11.1 Å². The molecule has 2 aromatic heterocycles. The van der Waals surface area contributed by atoms with Crippen LogP contribution in [0.1, 0.15) is 4.88 Å². The number of methoxy groups -OCH3 is 1. The molecule has 3 rings (SSSR count). The number of nitrogens with zero attached hydrogens (tertiary/aromatic N) is 3. The Hall–Kier alpha value is -2.17. The van der Waals surface area contributed by atoms with Crippen molar-refractivity contribution in [3.63, 3.8) is 0 Å². The zero-order chi connectivity index (χ0) is 19.8. The van der Waals surface area contributed by atoms with Gasteiger partial charge in [-0.25, -0.2) is 4.68 Å². The van der Waals surface area contributed by atoms with Gasteiger partial charge in [0.05, 0.1) is 18.4 Å². The number of hydrogen-bond donors (Lipinski definition) is 2. The van der Waals surface area contributed by atoms with E-state index < -0.39 is 0 Å². The van der Waals surface area contributed by atoms with Crippen molar-refractivity contribution in [1.82, 2.24) is 20.2 Å². The molecule has 10 heteroatoms. The van der Waals surface area contributed by atoms with E-state index >= 15 is 0 Å². The zero-order valence-electron chi connectivity index (χ0n) is 15.3. The molecule has 148 valence electrons. The zero-order valence-corrected chi connectivity index (χ0v) is 17.8. The Bertz CT molecular complexity index is 899. The Kier molecular flexibility index (Phi) is 7.63. The average molecular weight is 436 g/mol. The number of amides is 1. The number of nitrogen functional groups attached to an aromatic ring is 1. The van der Waals surface area contributed by atoms with Crippen LogP contribution in [0.2, 0.25) is 0 Å². The number of thiophene rings is 1. The van der Waals surface area contributed by atoms with Crippen molar-refractivity contribution in [3.05, 3.63) is 46.7 Å². The van der Waals surface area contributed by atoms with Crippen LogP contribution in [0.3, 0.4) is 0 Å². The number of thioether (sulfide) groups is 2. The first-order valence-electron chi connectivity index (χ1n) is 8.52. The number of carbonyl (C=O) groups excluding carboxylic acids is 1. The Balaban J connectivity index is 1.44. The van der Waals surface area contributed by atoms with Crippen LogP contribution in [0.15, 0.2) is 46.9 Å². The van der Waals surface area contributed by atoms with Crippen LogP contribution in [-0.2, 0) is 10.5 Å². The molecule has 28 heavy (non-hydrogen) atoms. The molecule has 0 spiro atoms. The smallest absolute Gasteiger partial charge is 0.230 e. The first-order chi connectivity index (χ1) is 13.7. The molecule has 0 aliphatic heterocycles. The fourth-order valence-electron chi connectivity index (χ4n) is 2.40. The molecule has 1 amide bonds. The maximum absolute atomic E-state index is 12.0. The molecule has 0 saturated heterocycles. The lowest BCUT2D eigenvalue weighted by atomic mass is 10.2. The van der Waals surface area contributed by atoms with Gasteiger partial charge in [-0.15, -0.1) is 21.5 Å². The van der Waals surface area contributed by atoms with Crippen molar-refractivity contribution >= 4 is 40.8 Å². The van der Waals surface area contributed by atoms with Crippen molar-refractivity contribution in [2.45, 2.75) is 10.9 Å². The molecule has 2 heterocycles. The normalized spacial score (nSPS) is 10.8. The van der Waals surface area contributed by atoms with Gasteiger partial charge in [-0.2, -0.15) is 11.8 Å². The summed E-state index contributed by atoms with van der Waals surface area (Å²) in [5, 5.41) is 13.7. The quantitative estimate of drug-likeness (QED) is 0.287. The summed E-state index contributed by atoms with van der Waals surface area (Å²) in [5.41, 5.74) is 0.749. The van der Waals surface area contributed by atoms with Gasteiger partial charge in [-0.1, -0.05) is 30.0 Å². The van der Waals surface area contributed by atoms with E-state index in [2.05, 4.69) is 33.0 Å². The summed E-state index contributed by atoms with van der Waals surface area (Å²) in [6, 6.07) is 11.6. The van der Waals surface area contributed by atoms with Crippen LogP contribution in [0.5, 0.6) is 5.75 Å². The van der Waals surface area contributed by atoms with Crippen molar-refractivity contribution in [1.29, 1.82) is 0 Å². The van der Waals surface area contributed by atoms with E-state index in [4.69, 9.17) is 10.6 Å². The number of nitrogens with one attached hydrogen (secondary N) is 1. The van der Waals surface area contributed by atoms with Gasteiger partial charge in [0.15, 0.2) is 5.82 Å². The highest BCUT2D eigenvalue weighted by Crippen LogP contribution is 2.29. The molecular formula is C18H21N5O2S3. The van der Waals surface area contributed by atoms with E-state index in [0.717, 1.165) is 17.1 Å². The highest BCUT2D eigenvalue weighted by atomic mass is 32.2. The number of nitrogens with two attached hydrogens (primary N) is 1. The van der Waals surface area contributed by atoms with Gasteiger partial charge in [0.25, 0.3) is 0 Å². The molecule has 3 aromatic rings. The second-order valence-corrected chi connectivity index (χ2v) is 8.73. The van der Waals surface area contributed by atoms with Crippen LogP contribution in [0.4, 0.5) is 0 Å². The predicted octanol–water partition coefficient (Wildman–Crippen LogP) is 2.87. The second kappa shape index (κ2) is 10.4. The van der Waals surface area contributed by atoms with Gasteiger partial charge in [0, 0.05) is 22.9 Å². The van der Waals surface area contributed by atoms with Crippen LogP contribution in [0, 0.1) is 0 Å². The Morgan fingerprint density at radius 2 is 2.14 bits per heavy atom. The lowest BCUT2D eigenvalue weighted by Crippen LogP contribution is -2.27. The summed E-state index contributed by atoms with van der Waals surface area (Å²) in [6.45, 7) is 0.636. The number of aromatic nitrogens is 3. The minimum Gasteiger partial charge on any atom is -0.496 e. The van der Waals surface area contributed by atoms with E-state index in [9.17, 15) is 4.79 Å². The summed E-state index contributed by atoms with van der Waals surface area (Å²) in [5.74, 6) is 9.30. The molecule has 3 N–H and O–H groups in total. The summed E-state index contributed by atoms with van der Waals surface area (Å²) < 4.78 is 6.72. The maximum atomic E-state index is 12.0. The van der Waals surface area contributed by atoms with E-state index in [1.54, 1.807) is 30.2 Å². The summed E-state index contributed by atoms with van der Waals surface area (Å²) >= 11 is 4.81. The van der Waals surface area contributed by atoms with Gasteiger partial charge in [0.1, 0.15) is 5.75 Å². The number of ether oxygens (including phenoxy) is 1. The van der Waals surface area contributed by atoms with E-state index in [1.165, 1.54) is 21.3 Å². The molecule has 0 aliphatic rings. The summed E-state index contributed by atoms with van der Waals surface area (Å²) in [6.07, 6.45) is 0. The number of benzene rings is 1. The van der Waals surface area contributed by atoms with Gasteiger partial charge in [-0.3, -0.25) is 4.79 Å². The Morgan fingerprint density at radius 3 is 2.93 bits per heavy atom. The second-order valence-electron chi connectivity index (χ2n) is 5.65. The molecule has 1 aromatic carbocycles. The standard InChI is InChI=1S/C18H21N5O2S3/c1-25-15-7-3-2-6-14(15)17-21-22-18(23(17)19)28-12-16(24)20-8-10-26-11-13-5-4-9-27-13/h2-7,9H,8,10-12,19H2,1H3,(H,20,24). The summed E-state index contributed by atoms with van der Waals surface area (Å²) in [4.78, 5) is 13.4. The van der Waals surface area contributed by atoms with Gasteiger partial charge in [-0.05, 0) is 23.6 Å². The van der Waals surface area contributed by atoms with Crippen molar-refractivity contribution in [2.75, 3.05) is 31.0 Å². The largest absolute Gasteiger partial charge is 0.496 e. The maximum Gasteiger partial charge on any atom is 0.230 e. The van der Waals surface area contributed by atoms with Crippen LogP contribution in [-0.4, -0.2) is 45.9 Å². The highest BCUT2D eigenvalue weighted by molar-refractivity contribution is 7.99. The Morgan fingerprint density at radius 1 is 1.29 bits per heavy atom. The van der Waals surface area contributed by atoms with E-state index in [-0.39, 0.29) is 11.7 Å². The van der Waals surface area contributed by atoms with Crippen LogP contribution < -0.4 is 15.9 Å². The first-order valence-corrected chi connectivity index (χ1v) is 11.5. The number of carbonyl (C=O) groups is 1. The molecule has 0 unspecified atom stereocenters. The molecule has 7 nitrogen and oxygen atoms in total. The lowest BCUT2D eigenvalue weighted by Gasteiger charge is -2.08. The molecular weight excluding hydrogens is 414 g/mol. The third-order valence-corrected chi connectivity index (χ3v) is 6.75. The van der Waals surface area contributed by atoms with E-state index in [0.29, 0.717) is 23.3 Å². The average Bonchev–Trinajstić information content (AvgIpc) is 3.36. The minimum absolute atomic E-state index is 0.0523. The molecule has 0 fully saturated rings. The first kappa shape index (κ1) is 20.6. The molecule has 0 saturated carbocycles. The van der Waals surface area contributed by atoms with Crippen LogP contribution in [0.25, 0.3) is 11.4 Å². The van der Waals surface area contributed by atoms with E-state index in [1.807, 2.05) is 24.3 Å². The van der Waals surface area contributed by atoms with Crippen molar-refractivity contribution in [3.8, 4) is 17.1 Å². The predicted molar refractivity (Wildman–Crippen MR) is 116 cm³/mol. The summed E-state index contributed by atoms with van der Waals surface area (Å²) in [7, 11) is 1.59. The fourth-order valence-corrected chi connectivity index (χ4v) is 4.79. The number of rotatable bonds is 10. The third-order valence-electron chi connectivity index (χ3n) is 3.74. The van der Waals surface area contributed by atoms with Gasteiger partial charge >= 0.3 is 0 Å². The topological polar surface area (TPSA) is 95.1 Å². The molecule has 0 aliphatic carbocycles. The number of hydrogen-bond acceptors (Lipinski definition) is 8. The lowest BCUT2D eigenvalue weighted by molar-refractivity contribution is -0.118. The monoisotopic (exact) mass is 435 g/mol. The third kappa shape index (κ3) is 5.43. The minimum atomic E-state index is -0.0523. The van der Waals surface area contributed by atoms with Gasteiger partial charge < -0.3 is 15.9 Å². The number of para-hydroxylation sites is 1. The molecule has 0 bridgehead atoms. The SMILES string of the molecule is COc1ccccc1-c1nnc(SCC(=O)NCCSCc2cccs2)n1N. The van der Waals surface area contributed by atoms with Crippen molar-refractivity contribution in [2.24, 2.45) is 0 Å². The highest BCUT2D eigenvalue weighted by Gasteiger charge is 2.16. The molecule has 0 atom stereocenters. The Labute approximate surface area is 176 Å². The van der Waals surface area contributed by atoms with Crippen molar-refractivity contribution < 1.29 is 9.53 Å². The fraction of sp³-hybridized carbons (Fsp3) is 0.278. The van der Waals surface area contributed by atoms with Crippen LogP contribution >= 0.6 is 34.9 Å².